The number of aromatic nitrogens is 3. The summed E-state index contributed by atoms with van der Waals surface area (Å²) in [5.74, 6) is -0.338. The van der Waals surface area contributed by atoms with E-state index in [-0.39, 0.29) is 10.8 Å². The Labute approximate surface area is 110 Å². The van der Waals surface area contributed by atoms with Gasteiger partial charge in [-0.25, -0.2) is 0 Å². The van der Waals surface area contributed by atoms with E-state index in [1.807, 2.05) is 6.07 Å². The van der Waals surface area contributed by atoms with E-state index in [0.29, 0.717) is 6.54 Å². The molecule has 0 aliphatic heterocycles. The van der Waals surface area contributed by atoms with Crippen LogP contribution in [0.3, 0.4) is 0 Å². The molecule has 0 unspecified atom stereocenters. The maximum Gasteiger partial charge on any atom is 0.408 e. The van der Waals surface area contributed by atoms with Crippen molar-refractivity contribution in [1.82, 2.24) is 14.8 Å². The van der Waals surface area contributed by atoms with Gasteiger partial charge in [-0.1, -0.05) is 11.6 Å². The number of rotatable bonds is 3. The second-order valence-corrected chi connectivity index (χ2v) is 4.59. The van der Waals surface area contributed by atoms with E-state index in [1.165, 1.54) is 10.9 Å². The number of nitro groups is 1. The highest BCUT2D eigenvalue weighted by atomic mass is 79.9. The molecule has 0 aliphatic rings. The molecule has 0 spiro atoms. The monoisotopic (exact) mass is 316 g/mol. The van der Waals surface area contributed by atoms with Gasteiger partial charge in [0.05, 0.1) is 17.8 Å². The highest BCUT2D eigenvalue weighted by Crippen LogP contribution is 2.22. The van der Waals surface area contributed by atoms with Crippen molar-refractivity contribution in [3.8, 4) is 0 Å². The Hall–Kier alpha value is -1.47. The van der Waals surface area contributed by atoms with Crippen molar-refractivity contribution in [2.24, 2.45) is 0 Å². The number of hydrogen-bond donors (Lipinski definition) is 0. The topological polar surface area (TPSA) is 73.8 Å². The molecule has 6 nitrogen and oxygen atoms in total. The molecule has 8 heteroatoms. The molecule has 0 fully saturated rings. The van der Waals surface area contributed by atoms with Crippen molar-refractivity contribution in [1.29, 1.82) is 0 Å². The maximum atomic E-state index is 10.6. The van der Waals surface area contributed by atoms with Crippen molar-refractivity contribution in [2.45, 2.75) is 6.54 Å². The molecule has 0 saturated carbocycles. The molecule has 0 saturated heterocycles. The van der Waals surface area contributed by atoms with Crippen LogP contribution in [0.1, 0.15) is 5.56 Å². The summed E-state index contributed by atoms with van der Waals surface area (Å²) in [4.78, 5) is 13.9. The molecule has 0 N–H and O–H groups in total. The molecule has 88 valence electrons. The zero-order chi connectivity index (χ0) is 12.4. The molecule has 0 aliphatic carbocycles. The fraction of sp³-hybridized carbons (Fsp3) is 0.111. The number of hydrogen-bond acceptors (Lipinski definition) is 4. The first kappa shape index (κ1) is 12.0. The average molecular weight is 318 g/mol. The Morgan fingerprint density at radius 1 is 1.53 bits per heavy atom. The maximum absolute atomic E-state index is 10.6. The minimum atomic E-state index is -0.613. The van der Waals surface area contributed by atoms with Crippen LogP contribution in [0.5, 0.6) is 0 Å². The normalized spacial score (nSPS) is 10.5. The van der Waals surface area contributed by atoms with Gasteiger partial charge in [0.1, 0.15) is 0 Å². The van der Waals surface area contributed by atoms with Crippen LogP contribution in [0, 0.1) is 10.1 Å². The lowest BCUT2D eigenvalue weighted by Crippen LogP contribution is -2.01. The lowest BCUT2D eigenvalue weighted by atomic mass is 10.3. The largest absolute Gasteiger partial charge is 0.408 e. The van der Waals surface area contributed by atoms with E-state index >= 15 is 0 Å². The number of halogens is 2. The van der Waals surface area contributed by atoms with Crippen molar-refractivity contribution in [3.63, 3.8) is 0 Å². The molecule has 0 aromatic carbocycles. The third-order valence-corrected chi connectivity index (χ3v) is 2.68. The van der Waals surface area contributed by atoms with Crippen LogP contribution in [-0.4, -0.2) is 19.7 Å². The van der Waals surface area contributed by atoms with Gasteiger partial charge in [0.25, 0.3) is 0 Å². The lowest BCUT2D eigenvalue weighted by molar-refractivity contribution is -0.389. The van der Waals surface area contributed by atoms with E-state index in [9.17, 15) is 10.1 Å². The third-order valence-electron chi connectivity index (χ3n) is 1.98. The summed E-state index contributed by atoms with van der Waals surface area (Å²) in [6, 6.07) is 1.86. The number of pyridine rings is 1. The molecule has 17 heavy (non-hydrogen) atoms. The second-order valence-electron chi connectivity index (χ2n) is 3.27. The lowest BCUT2D eigenvalue weighted by Gasteiger charge is -1.97. The standard InChI is InChI=1S/C9H6BrClN4O2/c10-7-1-6(2-12-3-7)4-14-5-8(11)9(13-14)15(16)17/h1-3,5H,4H2. The molecular formula is C9H6BrClN4O2. The summed E-state index contributed by atoms with van der Waals surface area (Å²) in [6.07, 6.45) is 4.73. The Balaban J connectivity index is 2.25. The summed E-state index contributed by atoms with van der Waals surface area (Å²) in [7, 11) is 0. The summed E-state index contributed by atoms with van der Waals surface area (Å²) in [5.41, 5.74) is 0.869. The van der Waals surface area contributed by atoms with Gasteiger partial charge in [0.2, 0.25) is 0 Å². The molecule has 2 rings (SSSR count). The minimum absolute atomic E-state index is 0.0259. The van der Waals surface area contributed by atoms with Gasteiger partial charge in [-0.3, -0.25) is 4.98 Å². The van der Waals surface area contributed by atoms with E-state index in [1.54, 1.807) is 12.4 Å². The third kappa shape index (κ3) is 2.80. The minimum Gasteiger partial charge on any atom is -0.358 e. The summed E-state index contributed by atoms with van der Waals surface area (Å²) < 4.78 is 2.24. The van der Waals surface area contributed by atoms with Gasteiger partial charge in [0.15, 0.2) is 5.02 Å². The second kappa shape index (κ2) is 4.80. The molecule has 0 radical (unpaired) electrons. The Bertz CT molecular complexity index is 572. The van der Waals surface area contributed by atoms with Crippen LogP contribution >= 0.6 is 27.5 Å². The Kier molecular flexibility index (Phi) is 3.39. The Morgan fingerprint density at radius 2 is 2.29 bits per heavy atom. The van der Waals surface area contributed by atoms with E-state index in [0.717, 1.165) is 10.0 Å². The molecule has 0 atom stereocenters. The zero-order valence-electron chi connectivity index (χ0n) is 8.38. The van der Waals surface area contributed by atoms with Crippen LogP contribution < -0.4 is 0 Å². The summed E-state index contributed by atoms with van der Waals surface area (Å²) >= 11 is 8.98. The molecule has 0 amide bonds. The smallest absolute Gasteiger partial charge is 0.358 e. The predicted molar refractivity (Wildman–Crippen MR) is 64.9 cm³/mol. The molecule has 2 heterocycles. The van der Waals surface area contributed by atoms with Gasteiger partial charge >= 0.3 is 5.82 Å². The van der Waals surface area contributed by atoms with Gasteiger partial charge in [-0.05, 0) is 32.5 Å². The van der Waals surface area contributed by atoms with Crippen molar-refractivity contribution >= 4 is 33.3 Å². The van der Waals surface area contributed by atoms with E-state index in [4.69, 9.17) is 11.6 Å². The molecule has 0 bridgehead atoms. The van der Waals surface area contributed by atoms with Gasteiger partial charge in [0, 0.05) is 16.9 Å². The first-order valence-electron chi connectivity index (χ1n) is 4.53. The summed E-state index contributed by atoms with van der Waals surface area (Å²) in [5, 5.41) is 14.4. The van der Waals surface area contributed by atoms with Crippen LogP contribution in [0.15, 0.2) is 29.1 Å². The fourth-order valence-electron chi connectivity index (χ4n) is 1.32. The first-order valence-corrected chi connectivity index (χ1v) is 5.70. The van der Waals surface area contributed by atoms with E-state index in [2.05, 4.69) is 26.0 Å². The highest BCUT2D eigenvalue weighted by molar-refractivity contribution is 9.10. The molecule has 2 aromatic rings. The zero-order valence-corrected chi connectivity index (χ0v) is 10.7. The van der Waals surface area contributed by atoms with Crippen LogP contribution in [0.4, 0.5) is 5.82 Å². The average Bonchev–Trinajstić information content (AvgIpc) is 2.59. The van der Waals surface area contributed by atoms with Crippen molar-refractivity contribution in [2.75, 3.05) is 0 Å². The summed E-state index contributed by atoms with van der Waals surface area (Å²) in [6.45, 7) is 0.375. The molecular weight excluding hydrogens is 311 g/mol. The first-order chi connectivity index (χ1) is 8.06. The van der Waals surface area contributed by atoms with Crippen molar-refractivity contribution in [3.05, 3.63) is 49.8 Å². The SMILES string of the molecule is O=[N+]([O-])c1nn(Cc2cncc(Br)c2)cc1Cl. The van der Waals surface area contributed by atoms with Crippen LogP contribution in [0.2, 0.25) is 5.02 Å². The molecule has 2 aromatic heterocycles. The predicted octanol–water partition coefficient (Wildman–Crippen LogP) is 2.65. The fourth-order valence-corrected chi connectivity index (χ4v) is 1.95. The Morgan fingerprint density at radius 3 is 2.88 bits per heavy atom. The van der Waals surface area contributed by atoms with Crippen LogP contribution in [-0.2, 0) is 6.54 Å². The van der Waals surface area contributed by atoms with Gasteiger partial charge in [-0.15, -0.1) is 0 Å². The highest BCUT2D eigenvalue weighted by Gasteiger charge is 2.18. The van der Waals surface area contributed by atoms with Gasteiger partial charge < -0.3 is 10.1 Å². The van der Waals surface area contributed by atoms with Crippen LogP contribution in [0.25, 0.3) is 0 Å². The van der Waals surface area contributed by atoms with Gasteiger partial charge in [-0.2, -0.15) is 4.68 Å². The number of nitrogens with zero attached hydrogens (tertiary/aromatic N) is 4. The van der Waals surface area contributed by atoms with E-state index < -0.39 is 4.92 Å². The van der Waals surface area contributed by atoms with Crippen molar-refractivity contribution < 1.29 is 4.92 Å². The quantitative estimate of drug-likeness (QED) is 0.644.